The number of ketones is 1. The fraction of sp³-hybridized carbons (Fsp3) is 0.686. The first-order valence-electron chi connectivity index (χ1n) is 17.9. The molecule has 4 aromatic heterocycles. The molecule has 0 amide bonds. The molecule has 0 unspecified atom stereocenters. The van der Waals surface area contributed by atoms with Crippen LogP contribution in [0.5, 0.6) is 0 Å². The van der Waals surface area contributed by atoms with E-state index in [1.165, 1.54) is 27.1 Å². The predicted octanol–water partition coefficient (Wildman–Crippen LogP) is 3.35. The molecule has 4 aromatic rings. The van der Waals surface area contributed by atoms with Crippen LogP contribution in [0.1, 0.15) is 79.1 Å². The number of nitrogens with zero attached hydrogens (tertiary/aromatic N) is 8. The summed E-state index contributed by atoms with van der Waals surface area (Å²) in [4.78, 5) is 71.0. The molecule has 0 saturated heterocycles. The van der Waals surface area contributed by atoms with E-state index in [2.05, 4.69) is 23.8 Å². The van der Waals surface area contributed by atoms with Crippen molar-refractivity contribution < 1.29 is 23.1 Å². The second-order valence-electron chi connectivity index (χ2n) is 15.4. The van der Waals surface area contributed by atoms with Gasteiger partial charge in [-0.25, -0.2) is 19.6 Å². The summed E-state index contributed by atoms with van der Waals surface area (Å²) in [5.41, 5.74) is -2.78. The molecule has 17 heteroatoms. The van der Waals surface area contributed by atoms with Gasteiger partial charge in [-0.05, 0) is 62.2 Å². The van der Waals surface area contributed by atoms with Crippen molar-refractivity contribution >= 4 is 28.1 Å². The summed E-state index contributed by atoms with van der Waals surface area (Å²) in [7, 11) is 3.17. The quantitative estimate of drug-likeness (QED) is 0.289. The number of hydrogen-bond acceptors (Lipinski definition) is 8. The average Bonchev–Trinajstić information content (AvgIpc) is 3.68. The van der Waals surface area contributed by atoms with Crippen molar-refractivity contribution in [2.24, 2.45) is 37.8 Å². The number of aliphatic hydroxyl groups is 1. The molecule has 0 radical (unpaired) electrons. The van der Waals surface area contributed by atoms with E-state index in [9.17, 15) is 42.3 Å². The zero-order valence-electron chi connectivity index (χ0n) is 30.6. The van der Waals surface area contributed by atoms with Gasteiger partial charge in [0, 0.05) is 53.1 Å². The fourth-order valence-corrected chi connectivity index (χ4v) is 7.35. The van der Waals surface area contributed by atoms with Crippen LogP contribution in [0.15, 0.2) is 31.8 Å². The molecular weight excluding hydrogens is 685 g/mol. The first-order valence-corrected chi connectivity index (χ1v) is 17.9. The molecule has 0 aliphatic heterocycles. The van der Waals surface area contributed by atoms with E-state index < -0.39 is 35.9 Å². The number of Topliss-reactive ketones (excluding diaryl/α,β-unsaturated/α-hetero) is 1. The summed E-state index contributed by atoms with van der Waals surface area (Å²) in [6.07, 6.45) is 0.412. The van der Waals surface area contributed by atoms with Gasteiger partial charge in [0.2, 0.25) is 0 Å². The maximum absolute atomic E-state index is 13.0. The maximum Gasteiger partial charge on any atom is 0.417 e. The zero-order valence-corrected chi connectivity index (χ0v) is 30.6. The normalized spacial score (nSPS) is 20.3. The van der Waals surface area contributed by atoms with Crippen molar-refractivity contribution in [3.63, 3.8) is 0 Å². The van der Waals surface area contributed by atoms with Gasteiger partial charge in [0.05, 0.1) is 12.7 Å². The number of halogens is 3. The third-order valence-electron chi connectivity index (χ3n) is 10.3. The third-order valence-corrected chi connectivity index (χ3v) is 10.3. The Morgan fingerprint density at radius 1 is 0.731 bits per heavy atom. The molecule has 0 spiro atoms. The van der Waals surface area contributed by atoms with E-state index in [1.807, 2.05) is 18.4 Å². The number of aryl methyl sites for hydroxylation is 2. The van der Waals surface area contributed by atoms with E-state index in [0.29, 0.717) is 60.7 Å². The Morgan fingerprint density at radius 3 is 1.48 bits per heavy atom. The number of rotatable bonds is 8. The lowest BCUT2D eigenvalue weighted by Crippen LogP contribution is -2.49. The number of fused-ring (bicyclic) bond motifs is 2. The minimum absolute atomic E-state index is 0.0300. The minimum atomic E-state index is -4.67. The molecule has 1 N–H and O–H groups in total. The van der Waals surface area contributed by atoms with Crippen LogP contribution in [0, 0.1) is 23.7 Å². The van der Waals surface area contributed by atoms with Gasteiger partial charge < -0.3 is 14.2 Å². The Morgan fingerprint density at radius 2 is 1.12 bits per heavy atom. The summed E-state index contributed by atoms with van der Waals surface area (Å²) in [5.74, 6) is 0.827. The number of imidazole rings is 2. The number of hydrogen-bond donors (Lipinski definition) is 1. The highest BCUT2D eigenvalue weighted by Gasteiger charge is 2.54. The van der Waals surface area contributed by atoms with E-state index in [4.69, 9.17) is 0 Å². The number of carbonyl (C=O) groups excluding carboxylic acids is 1. The molecule has 52 heavy (non-hydrogen) atoms. The van der Waals surface area contributed by atoms with Crippen molar-refractivity contribution in [2.45, 2.75) is 117 Å². The Bertz CT molecular complexity index is 2170. The van der Waals surface area contributed by atoms with Crippen molar-refractivity contribution in [1.29, 1.82) is 0 Å². The molecule has 2 saturated carbocycles. The second kappa shape index (κ2) is 15.0. The average molecular weight is 735 g/mol. The molecule has 6 rings (SSSR count). The molecule has 286 valence electrons. The molecule has 2 fully saturated rings. The largest absolute Gasteiger partial charge is 0.417 e. The van der Waals surface area contributed by atoms with Gasteiger partial charge >= 0.3 is 17.6 Å². The van der Waals surface area contributed by atoms with Gasteiger partial charge in [-0.1, -0.05) is 27.7 Å². The molecule has 4 heterocycles. The standard InChI is InChI=1S/C18H25F3N4O3.C17H24N4O3/c1-11(2)8-24-10-22-14-13(24)15(26)25(16(27)23(14)3)9-12-4-6-17(28,7-5-12)18(19,20)21;1-11(2)8-20-10-18-15-14(20)16(23)21(17(24)19(15)3)9-12-4-6-13(22)7-5-12/h10-12,28H,4-9H2,1-3H3;10-12H,4-9H2,1-3H3. The van der Waals surface area contributed by atoms with Crippen LogP contribution < -0.4 is 22.5 Å². The number of alkyl halides is 3. The van der Waals surface area contributed by atoms with Gasteiger partial charge in [-0.15, -0.1) is 0 Å². The Hall–Kier alpha value is -4.28. The lowest BCUT2D eigenvalue weighted by atomic mass is 9.78. The van der Waals surface area contributed by atoms with Crippen LogP contribution in [-0.2, 0) is 45.1 Å². The maximum atomic E-state index is 13.0. The van der Waals surface area contributed by atoms with Crippen LogP contribution in [0.4, 0.5) is 13.2 Å². The predicted molar refractivity (Wildman–Crippen MR) is 188 cm³/mol. The SMILES string of the molecule is CC(C)Cn1cnc2c1c(=O)n(CC1CCC(=O)CC1)c(=O)n2C.CC(C)Cn1cnc2c1c(=O)n(CC1CCC(O)(C(F)(F)F)CC1)c(=O)n2C. The van der Waals surface area contributed by atoms with E-state index in [0.717, 1.165) is 17.4 Å². The summed E-state index contributed by atoms with van der Waals surface area (Å²) >= 11 is 0. The Labute approximate surface area is 297 Å². The highest BCUT2D eigenvalue weighted by molar-refractivity contribution is 5.79. The van der Waals surface area contributed by atoms with Crippen molar-refractivity contribution in [3.8, 4) is 0 Å². The van der Waals surface area contributed by atoms with Gasteiger partial charge in [-0.3, -0.25) is 32.7 Å². The van der Waals surface area contributed by atoms with Crippen LogP contribution in [-0.4, -0.2) is 60.0 Å². The Balaban J connectivity index is 0.000000203. The number of aromatic nitrogens is 8. The van der Waals surface area contributed by atoms with E-state index in [-0.39, 0.29) is 54.2 Å². The van der Waals surface area contributed by atoms with Crippen molar-refractivity contribution in [2.75, 3.05) is 0 Å². The highest BCUT2D eigenvalue weighted by atomic mass is 19.4. The van der Waals surface area contributed by atoms with Crippen molar-refractivity contribution in [3.05, 3.63) is 54.3 Å². The molecule has 2 aliphatic rings. The van der Waals surface area contributed by atoms with E-state index >= 15 is 0 Å². The molecule has 0 bridgehead atoms. The molecule has 0 aromatic carbocycles. The van der Waals surface area contributed by atoms with Crippen LogP contribution >= 0.6 is 0 Å². The lowest BCUT2D eigenvalue weighted by Gasteiger charge is -2.37. The fourth-order valence-electron chi connectivity index (χ4n) is 7.35. The smallest absolute Gasteiger partial charge is 0.380 e. The first-order chi connectivity index (χ1) is 24.3. The lowest BCUT2D eigenvalue weighted by molar-refractivity contribution is -0.272. The van der Waals surface area contributed by atoms with E-state index in [1.54, 1.807) is 17.9 Å². The number of carbonyl (C=O) groups is 1. The van der Waals surface area contributed by atoms with Gasteiger partial charge in [0.15, 0.2) is 27.9 Å². The summed E-state index contributed by atoms with van der Waals surface area (Å²) in [6, 6.07) is 0. The first kappa shape index (κ1) is 38.9. The summed E-state index contributed by atoms with van der Waals surface area (Å²) in [6.45, 7) is 9.79. The highest BCUT2D eigenvalue weighted by Crippen LogP contribution is 2.43. The molecule has 0 atom stereocenters. The zero-order chi connectivity index (χ0) is 38.3. The molecule has 2 aliphatic carbocycles. The van der Waals surface area contributed by atoms with Gasteiger partial charge in [-0.2, -0.15) is 13.2 Å². The van der Waals surface area contributed by atoms with Gasteiger partial charge in [0.25, 0.3) is 11.1 Å². The van der Waals surface area contributed by atoms with Crippen LogP contribution in [0.3, 0.4) is 0 Å². The minimum Gasteiger partial charge on any atom is -0.380 e. The topological polar surface area (TPSA) is 161 Å². The molecular formula is C35H49F3N8O6. The summed E-state index contributed by atoms with van der Waals surface area (Å²) < 4.78 is 47.6. The molecule has 14 nitrogen and oxygen atoms in total. The van der Waals surface area contributed by atoms with Crippen molar-refractivity contribution in [1.82, 2.24) is 37.4 Å². The third kappa shape index (κ3) is 7.74. The summed E-state index contributed by atoms with van der Waals surface area (Å²) in [5, 5.41) is 9.81. The Kier molecular flexibility index (Phi) is 11.2. The second-order valence-corrected chi connectivity index (χ2v) is 15.4. The monoisotopic (exact) mass is 734 g/mol. The van der Waals surface area contributed by atoms with Gasteiger partial charge in [0.1, 0.15) is 5.78 Å². The van der Waals surface area contributed by atoms with Crippen LogP contribution in [0.2, 0.25) is 0 Å². The van der Waals surface area contributed by atoms with Crippen LogP contribution in [0.25, 0.3) is 22.3 Å².